The standard InChI is InChI=1S/C23H21ClN2O3/c1-3-4-9-21-25-22(24)20(15-27)26(21)14-16-10-12-17(13-11-16)18-7-5-6-8-19(18)23(28)29-2/h3-8,10-13,15H,9,14H2,1-2H3/b4-3+. The maximum atomic E-state index is 12.0. The van der Waals surface area contributed by atoms with Crippen LogP contribution in [0.25, 0.3) is 11.1 Å². The molecule has 148 valence electrons. The van der Waals surface area contributed by atoms with Gasteiger partial charge in [0.1, 0.15) is 11.5 Å². The van der Waals surface area contributed by atoms with E-state index in [9.17, 15) is 9.59 Å². The molecule has 0 bridgehead atoms. The Kier molecular flexibility index (Phi) is 6.62. The first kappa shape index (κ1) is 20.6. The Bertz CT molecular complexity index is 1050. The summed E-state index contributed by atoms with van der Waals surface area (Å²) in [5.41, 5.74) is 3.58. The summed E-state index contributed by atoms with van der Waals surface area (Å²) >= 11 is 6.13. The maximum absolute atomic E-state index is 12.0. The van der Waals surface area contributed by atoms with Crippen LogP contribution in [0.2, 0.25) is 5.15 Å². The van der Waals surface area contributed by atoms with E-state index >= 15 is 0 Å². The van der Waals surface area contributed by atoms with Crippen molar-refractivity contribution in [3.8, 4) is 11.1 Å². The van der Waals surface area contributed by atoms with Gasteiger partial charge in [-0.15, -0.1) is 0 Å². The largest absolute Gasteiger partial charge is 0.465 e. The second-order valence-corrected chi connectivity index (χ2v) is 6.77. The molecule has 6 heteroatoms. The van der Waals surface area contributed by atoms with E-state index in [0.29, 0.717) is 24.2 Å². The first-order valence-electron chi connectivity index (χ1n) is 9.17. The van der Waals surface area contributed by atoms with Gasteiger partial charge in [0.05, 0.1) is 12.7 Å². The fourth-order valence-electron chi connectivity index (χ4n) is 3.14. The van der Waals surface area contributed by atoms with Crippen LogP contribution >= 0.6 is 11.6 Å². The molecule has 0 saturated carbocycles. The van der Waals surface area contributed by atoms with Gasteiger partial charge >= 0.3 is 5.97 Å². The molecule has 0 radical (unpaired) electrons. The van der Waals surface area contributed by atoms with Crippen LogP contribution in [0.5, 0.6) is 0 Å². The lowest BCUT2D eigenvalue weighted by molar-refractivity contribution is 0.0601. The SMILES string of the molecule is C/C=C/Cc1nc(Cl)c(C=O)n1Cc1ccc(-c2ccccc2C(=O)OC)cc1. The minimum atomic E-state index is -0.373. The minimum absolute atomic E-state index is 0.211. The quantitative estimate of drug-likeness (QED) is 0.314. The number of rotatable bonds is 7. The number of benzene rings is 2. The van der Waals surface area contributed by atoms with Crippen LogP contribution in [-0.2, 0) is 17.7 Å². The molecule has 3 rings (SSSR count). The van der Waals surface area contributed by atoms with Crippen molar-refractivity contribution in [1.82, 2.24) is 9.55 Å². The molecule has 1 heterocycles. The van der Waals surface area contributed by atoms with E-state index in [1.807, 2.05) is 60.0 Å². The van der Waals surface area contributed by atoms with Crippen molar-refractivity contribution in [2.45, 2.75) is 19.9 Å². The van der Waals surface area contributed by atoms with Crippen molar-refractivity contribution in [3.05, 3.63) is 88.5 Å². The van der Waals surface area contributed by atoms with Crippen LogP contribution in [0.1, 0.15) is 39.2 Å². The molecule has 0 unspecified atom stereocenters. The molecule has 0 fully saturated rings. The highest BCUT2D eigenvalue weighted by molar-refractivity contribution is 6.31. The highest BCUT2D eigenvalue weighted by Crippen LogP contribution is 2.25. The molecule has 0 atom stereocenters. The van der Waals surface area contributed by atoms with Gasteiger partial charge in [-0.05, 0) is 29.7 Å². The summed E-state index contributed by atoms with van der Waals surface area (Å²) in [6.45, 7) is 2.40. The van der Waals surface area contributed by atoms with Gasteiger partial charge in [-0.1, -0.05) is 66.2 Å². The smallest absolute Gasteiger partial charge is 0.338 e. The van der Waals surface area contributed by atoms with Crippen LogP contribution < -0.4 is 0 Å². The van der Waals surface area contributed by atoms with Gasteiger partial charge in [-0.2, -0.15) is 0 Å². The normalized spacial score (nSPS) is 11.0. The Morgan fingerprint density at radius 3 is 2.55 bits per heavy atom. The van der Waals surface area contributed by atoms with Gasteiger partial charge < -0.3 is 9.30 Å². The van der Waals surface area contributed by atoms with Gasteiger partial charge in [0.15, 0.2) is 11.4 Å². The highest BCUT2D eigenvalue weighted by Gasteiger charge is 2.16. The number of carbonyl (C=O) groups excluding carboxylic acids is 2. The molecule has 0 aliphatic rings. The molecule has 2 aromatic carbocycles. The highest BCUT2D eigenvalue weighted by atomic mass is 35.5. The number of hydrogen-bond acceptors (Lipinski definition) is 4. The van der Waals surface area contributed by atoms with Gasteiger partial charge in [-0.3, -0.25) is 4.79 Å². The van der Waals surface area contributed by atoms with Gasteiger partial charge in [0.2, 0.25) is 0 Å². The number of carbonyl (C=O) groups is 2. The number of methoxy groups -OCH3 is 1. The van der Waals surface area contributed by atoms with Gasteiger partial charge in [-0.25, -0.2) is 9.78 Å². The lowest BCUT2D eigenvalue weighted by atomic mass is 9.98. The van der Waals surface area contributed by atoms with Crippen molar-refractivity contribution < 1.29 is 14.3 Å². The van der Waals surface area contributed by atoms with Crippen LogP contribution in [-0.4, -0.2) is 28.9 Å². The Morgan fingerprint density at radius 2 is 1.90 bits per heavy atom. The lowest BCUT2D eigenvalue weighted by Gasteiger charge is -2.11. The molecule has 0 N–H and O–H groups in total. The van der Waals surface area contributed by atoms with E-state index in [-0.39, 0.29) is 11.1 Å². The van der Waals surface area contributed by atoms with E-state index in [0.717, 1.165) is 28.8 Å². The molecular formula is C23H21ClN2O3. The van der Waals surface area contributed by atoms with E-state index in [2.05, 4.69) is 4.98 Å². The Hall–Kier alpha value is -3.18. The molecular weight excluding hydrogens is 388 g/mol. The average molecular weight is 409 g/mol. The third-order valence-corrected chi connectivity index (χ3v) is 4.90. The van der Waals surface area contributed by atoms with Crippen LogP contribution in [0.4, 0.5) is 0 Å². The first-order valence-corrected chi connectivity index (χ1v) is 9.54. The first-order chi connectivity index (χ1) is 14.1. The zero-order chi connectivity index (χ0) is 20.8. The zero-order valence-electron chi connectivity index (χ0n) is 16.3. The van der Waals surface area contributed by atoms with Crippen molar-refractivity contribution >= 4 is 23.9 Å². The number of ether oxygens (including phenoxy) is 1. The summed E-state index contributed by atoms with van der Waals surface area (Å²) in [6, 6.07) is 15.1. The summed E-state index contributed by atoms with van der Waals surface area (Å²) in [6.07, 6.45) is 5.22. The summed E-state index contributed by atoms with van der Waals surface area (Å²) in [5.74, 6) is 0.359. The predicted molar refractivity (Wildman–Crippen MR) is 113 cm³/mol. The number of aldehydes is 1. The van der Waals surface area contributed by atoms with E-state index < -0.39 is 0 Å². The Labute approximate surface area is 174 Å². The zero-order valence-corrected chi connectivity index (χ0v) is 17.0. The molecule has 3 aromatic rings. The third-order valence-electron chi connectivity index (χ3n) is 4.63. The Morgan fingerprint density at radius 1 is 1.17 bits per heavy atom. The lowest BCUT2D eigenvalue weighted by Crippen LogP contribution is -2.08. The monoisotopic (exact) mass is 408 g/mol. The molecule has 0 amide bonds. The number of esters is 1. The Balaban J connectivity index is 1.92. The fourth-order valence-corrected chi connectivity index (χ4v) is 3.39. The van der Waals surface area contributed by atoms with Crippen molar-refractivity contribution in [2.24, 2.45) is 0 Å². The second kappa shape index (κ2) is 9.34. The summed E-state index contributed by atoms with van der Waals surface area (Å²) in [7, 11) is 1.37. The number of halogens is 1. The maximum Gasteiger partial charge on any atom is 0.338 e. The summed E-state index contributed by atoms with van der Waals surface area (Å²) < 4.78 is 6.70. The second-order valence-electron chi connectivity index (χ2n) is 6.42. The molecule has 0 saturated heterocycles. The van der Waals surface area contributed by atoms with Crippen molar-refractivity contribution in [2.75, 3.05) is 7.11 Å². The average Bonchev–Trinajstić information content (AvgIpc) is 3.06. The minimum Gasteiger partial charge on any atom is -0.465 e. The number of hydrogen-bond donors (Lipinski definition) is 0. The predicted octanol–water partition coefficient (Wildman–Crippen LogP) is 4.97. The van der Waals surface area contributed by atoms with Crippen molar-refractivity contribution in [3.63, 3.8) is 0 Å². The number of nitrogens with zero attached hydrogens (tertiary/aromatic N) is 2. The molecule has 0 aliphatic carbocycles. The summed E-state index contributed by atoms with van der Waals surface area (Å²) in [4.78, 5) is 27.8. The van der Waals surface area contributed by atoms with Crippen LogP contribution in [0.3, 0.4) is 0 Å². The van der Waals surface area contributed by atoms with E-state index in [1.54, 1.807) is 12.1 Å². The topological polar surface area (TPSA) is 61.2 Å². The number of aromatic nitrogens is 2. The molecule has 1 aromatic heterocycles. The number of allylic oxidation sites excluding steroid dienone is 2. The number of imidazole rings is 1. The van der Waals surface area contributed by atoms with Gasteiger partial charge in [0, 0.05) is 13.0 Å². The fraction of sp³-hybridized carbons (Fsp3) is 0.174. The third kappa shape index (κ3) is 4.46. The van der Waals surface area contributed by atoms with Crippen LogP contribution in [0.15, 0.2) is 60.7 Å². The van der Waals surface area contributed by atoms with E-state index in [1.165, 1.54) is 7.11 Å². The summed E-state index contributed by atoms with van der Waals surface area (Å²) in [5, 5.41) is 0.211. The van der Waals surface area contributed by atoms with Crippen molar-refractivity contribution in [1.29, 1.82) is 0 Å². The van der Waals surface area contributed by atoms with Crippen LogP contribution in [0, 0.1) is 0 Å². The molecule has 0 spiro atoms. The molecule has 29 heavy (non-hydrogen) atoms. The molecule has 5 nitrogen and oxygen atoms in total. The molecule has 0 aliphatic heterocycles. The van der Waals surface area contributed by atoms with Gasteiger partial charge in [0.25, 0.3) is 0 Å². The van der Waals surface area contributed by atoms with E-state index in [4.69, 9.17) is 16.3 Å².